The molecular weight excluding hydrogens is 465 g/mol. The molecule has 2 aromatic heterocycles. The first-order chi connectivity index (χ1) is 15.5. The zero-order chi connectivity index (χ0) is 22.7. The van der Waals surface area contributed by atoms with Crippen molar-refractivity contribution in [2.24, 2.45) is 0 Å². The zero-order valence-electron chi connectivity index (χ0n) is 17.9. The fourth-order valence-electron chi connectivity index (χ4n) is 3.70. The summed E-state index contributed by atoms with van der Waals surface area (Å²) < 4.78 is 1.80. The summed E-state index contributed by atoms with van der Waals surface area (Å²) in [5.74, 6) is 0.707. The largest absolute Gasteiger partial charge is 0.366 e. The molecule has 2 heterocycles. The van der Waals surface area contributed by atoms with Crippen molar-refractivity contribution in [3.63, 3.8) is 0 Å². The second-order valence-corrected chi connectivity index (χ2v) is 9.10. The highest BCUT2D eigenvalue weighted by Crippen LogP contribution is 2.35. The number of benzene rings is 2. The van der Waals surface area contributed by atoms with Crippen LogP contribution in [0.2, 0.25) is 15.1 Å². The lowest BCUT2D eigenvalue weighted by Gasteiger charge is -2.14. The summed E-state index contributed by atoms with van der Waals surface area (Å²) in [5.41, 5.74) is 3.86. The SMILES string of the molecule is CCCCCC(C)Nc1ncnc2c(-c3ccc(Cl)cc3)n(-c3ccc(Cl)cc3Cl)nc12. The highest BCUT2D eigenvalue weighted by atomic mass is 35.5. The van der Waals surface area contributed by atoms with Crippen LogP contribution in [0.15, 0.2) is 48.8 Å². The molecule has 0 aliphatic carbocycles. The number of hydrogen-bond donors (Lipinski definition) is 1. The predicted octanol–water partition coefficient (Wildman–Crippen LogP) is 7.82. The van der Waals surface area contributed by atoms with Crippen molar-refractivity contribution in [3.05, 3.63) is 63.9 Å². The Bertz CT molecular complexity index is 1220. The quantitative estimate of drug-likeness (QED) is 0.257. The molecule has 5 nitrogen and oxygen atoms in total. The van der Waals surface area contributed by atoms with Crippen LogP contribution >= 0.6 is 34.8 Å². The highest BCUT2D eigenvalue weighted by Gasteiger charge is 2.21. The fraction of sp³-hybridized carbons (Fsp3) is 0.292. The van der Waals surface area contributed by atoms with E-state index in [0.717, 1.165) is 23.2 Å². The molecule has 0 amide bonds. The standard InChI is InChI=1S/C24H24Cl3N5/c1-3-4-5-6-15(2)30-24-22-21(28-14-29-24)23(16-7-9-17(25)10-8-16)32(31-22)20-12-11-18(26)13-19(20)27/h7-15H,3-6H2,1-2H3,(H,28,29,30). The van der Waals surface area contributed by atoms with Gasteiger partial charge in [-0.15, -0.1) is 0 Å². The average molecular weight is 489 g/mol. The van der Waals surface area contributed by atoms with Gasteiger partial charge in [0.25, 0.3) is 0 Å². The van der Waals surface area contributed by atoms with Gasteiger partial charge >= 0.3 is 0 Å². The Hall–Kier alpha value is -2.34. The Morgan fingerprint density at radius 3 is 2.41 bits per heavy atom. The minimum absolute atomic E-state index is 0.267. The van der Waals surface area contributed by atoms with Crippen LogP contribution in [0.3, 0.4) is 0 Å². The highest BCUT2D eigenvalue weighted by molar-refractivity contribution is 6.35. The lowest BCUT2D eigenvalue weighted by atomic mass is 10.1. The first-order valence-electron chi connectivity index (χ1n) is 10.7. The van der Waals surface area contributed by atoms with Crippen molar-refractivity contribution >= 4 is 51.7 Å². The summed E-state index contributed by atoms with van der Waals surface area (Å²) in [4.78, 5) is 9.07. The van der Waals surface area contributed by atoms with E-state index < -0.39 is 0 Å². The van der Waals surface area contributed by atoms with Gasteiger partial charge in [0.1, 0.15) is 17.5 Å². The normalized spacial score (nSPS) is 12.3. The van der Waals surface area contributed by atoms with Gasteiger partial charge in [0, 0.05) is 21.7 Å². The Morgan fingerprint density at radius 1 is 0.938 bits per heavy atom. The number of rotatable bonds is 8. The molecule has 0 spiro atoms. The number of nitrogens with zero attached hydrogens (tertiary/aromatic N) is 4. The average Bonchev–Trinajstić information content (AvgIpc) is 3.15. The van der Waals surface area contributed by atoms with E-state index in [1.54, 1.807) is 23.1 Å². The van der Waals surface area contributed by atoms with Crippen LogP contribution in [0.25, 0.3) is 28.0 Å². The maximum atomic E-state index is 6.55. The van der Waals surface area contributed by atoms with Crippen LogP contribution in [0.1, 0.15) is 39.5 Å². The van der Waals surface area contributed by atoms with Gasteiger partial charge in [0.15, 0.2) is 11.3 Å². The smallest absolute Gasteiger partial charge is 0.158 e. The monoisotopic (exact) mass is 487 g/mol. The Morgan fingerprint density at radius 2 is 1.69 bits per heavy atom. The van der Waals surface area contributed by atoms with E-state index in [9.17, 15) is 0 Å². The fourth-order valence-corrected chi connectivity index (χ4v) is 4.32. The third-order valence-electron chi connectivity index (χ3n) is 5.34. The molecule has 166 valence electrons. The second-order valence-electron chi connectivity index (χ2n) is 7.82. The van der Waals surface area contributed by atoms with Gasteiger partial charge < -0.3 is 5.32 Å². The molecule has 0 aliphatic rings. The van der Waals surface area contributed by atoms with Gasteiger partial charge in [0.2, 0.25) is 0 Å². The summed E-state index contributed by atoms with van der Waals surface area (Å²) in [6, 6.07) is 13.2. The van der Waals surface area contributed by atoms with Crippen LogP contribution in [-0.4, -0.2) is 25.8 Å². The molecule has 0 saturated heterocycles. The van der Waals surface area contributed by atoms with Crippen LogP contribution < -0.4 is 5.32 Å². The number of fused-ring (bicyclic) bond motifs is 1. The second kappa shape index (κ2) is 10.1. The van der Waals surface area contributed by atoms with Crippen LogP contribution in [-0.2, 0) is 0 Å². The summed E-state index contributed by atoms with van der Waals surface area (Å²) in [6.45, 7) is 4.37. The number of hydrogen-bond acceptors (Lipinski definition) is 4. The first-order valence-corrected chi connectivity index (χ1v) is 11.8. The molecule has 1 unspecified atom stereocenters. The molecule has 0 radical (unpaired) electrons. The first kappa shape index (κ1) is 22.8. The Kier molecular flexibility index (Phi) is 7.19. The molecule has 1 atom stereocenters. The minimum atomic E-state index is 0.267. The summed E-state index contributed by atoms with van der Waals surface area (Å²) in [5, 5.41) is 10.1. The summed E-state index contributed by atoms with van der Waals surface area (Å²) in [6.07, 6.45) is 6.21. The van der Waals surface area contributed by atoms with E-state index in [-0.39, 0.29) is 6.04 Å². The van der Waals surface area contributed by atoms with E-state index in [0.29, 0.717) is 32.1 Å². The minimum Gasteiger partial charge on any atom is -0.366 e. The predicted molar refractivity (Wildman–Crippen MR) is 134 cm³/mol. The van der Waals surface area contributed by atoms with Gasteiger partial charge in [0.05, 0.1) is 10.7 Å². The number of aromatic nitrogens is 4. The van der Waals surface area contributed by atoms with Gasteiger partial charge in [-0.25, -0.2) is 14.6 Å². The lowest BCUT2D eigenvalue weighted by molar-refractivity contribution is 0.614. The van der Waals surface area contributed by atoms with Crippen LogP contribution in [0.4, 0.5) is 5.82 Å². The molecule has 4 rings (SSSR count). The molecule has 0 fully saturated rings. The number of anilines is 1. The van der Waals surface area contributed by atoms with Gasteiger partial charge in [-0.2, -0.15) is 5.10 Å². The third-order valence-corrected chi connectivity index (χ3v) is 6.13. The molecular formula is C24H24Cl3N5. The van der Waals surface area contributed by atoms with E-state index in [1.165, 1.54) is 19.3 Å². The molecule has 32 heavy (non-hydrogen) atoms. The Balaban J connectivity index is 1.86. The van der Waals surface area contributed by atoms with Crippen molar-refractivity contribution in [1.82, 2.24) is 19.7 Å². The van der Waals surface area contributed by atoms with E-state index in [1.807, 2.05) is 30.3 Å². The van der Waals surface area contributed by atoms with Crippen molar-refractivity contribution in [1.29, 1.82) is 0 Å². The zero-order valence-corrected chi connectivity index (χ0v) is 20.2. The van der Waals surface area contributed by atoms with Crippen molar-refractivity contribution in [2.45, 2.75) is 45.6 Å². The summed E-state index contributed by atoms with van der Waals surface area (Å²) >= 11 is 18.8. The molecule has 4 aromatic rings. The Labute approximate surface area is 202 Å². The van der Waals surface area contributed by atoms with Gasteiger partial charge in [-0.3, -0.25) is 0 Å². The van der Waals surface area contributed by atoms with E-state index >= 15 is 0 Å². The van der Waals surface area contributed by atoms with Crippen molar-refractivity contribution in [3.8, 4) is 16.9 Å². The maximum absolute atomic E-state index is 6.55. The lowest BCUT2D eigenvalue weighted by Crippen LogP contribution is -2.16. The molecule has 0 bridgehead atoms. The molecule has 2 aromatic carbocycles. The van der Waals surface area contributed by atoms with E-state index in [4.69, 9.17) is 39.9 Å². The third kappa shape index (κ3) is 4.85. The van der Waals surface area contributed by atoms with E-state index in [2.05, 4.69) is 29.1 Å². The van der Waals surface area contributed by atoms with Crippen LogP contribution in [0, 0.1) is 0 Å². The van der Waals surface area contributed by atoms with Crippen molar-refractivity contribution < 1.29 is 0 Å². The topological polar surface area (TPSA) is 55.6 Å². The van der Waals surface area contributed by atoms with Gasteiger partial charge in [-0.1, -0.05) is 73.1 Å². The number of unbranched alkanes of at least 4 members (excludes halogenated alkanes) is 2. The molecule has 1 N–H and O–H groups in total. The molecule has 0 saturated carbocycles. The van der Waals surface area contributed by atoms with Crippen LogP contribution in [0.5, 0.6) is 0 Å². The van der Waals surface area contributed by atoms with Crippen molar-refractivity contribution in [2.75, 3.05) is 5.32 Å². The van der Waals surface area contributed by atoms with Gasteiger partial charge in [-0.05, 0) is 43.7 Å². The summed E-state index contributed by atoms with van der Waals surface area (Å²) in [7, 11) is 0. The molecule has 8 heteroatoms. The maximum Gasteiger partial charge on any atom is 0.158 e. The number of nitrogens with one attached hydrogen (secondary N) is 1. The molecule has 0 aliphatic heterocycles. The number of halogens is 3.